The summed E-state index contributed by atoms with van der Waals surface area (Å²) in [6.07, 6.45) is 1.48. The van der Waals surface area contributed by atoms with Gasteiger partial charge in [0, 0.05) is 6.54 Å². The van der Waals surface area contributed by atoms with Gasteiger partial charge in [-0.25, -0.2) is 0 Å². The number of nitrogens with two attached hydrogens (primary N) is 1. The smallest absolute Gasteiger partial charge is 0.294 e. The van der Waals surface area contributed by atoms with Crippen molar-refractivity contribution in [2.45, 2.75) is 6.92 Å². The third-order valence-corrected chi connectivity index (χ3v) is 2.52. The van der Waals surface area contributed by atoms with Gasteiger partial charge in [0.2, 0.25) is 0 Å². The highest BCUT2D eigenvalue weighted by molar-refractivity contribution is 6.05. The third-order valence-electron chi connectivity index (χ3n) is 2.52. The fourth-order valence-electron chi connectivity index (χ4n) is 1.69. The van der Waals surface area contributed by atoms with Crippen LogP contribution >= 0.6 is 0 Å². The Kier molecular flexibility index (Phi) is 3.14. The first-order valence-corrected chi connectivity index (χ1v) is 5.44. The Morgan fingerprint density at radius 2 is 2.06 bits per heavy atom. The Morgan fingerprint density at radius 1 is 1.29 bits per heavy atom. The molecule has 0 bridgehead atoms. The number of nitrogen functional groups attached to an aromatic ring is 1. The molecule has 2 N–H and O–H groups in total. The number of benzene rings is 1. The van der Waals surface area contributed by atoms with E-state index >= 15 is 0 Å². The SMILES string of the molecule is CCN(C(=O)c1ccco1)c1ccccc1N. The first kappa shape index (κ1) is 11.3. The van der Waals surface area contributed by atoms with Crippen molar-refractivity contribution in [2.75, 3.05) is 17.2 Å². The van der Waals surface area contributed by atoms with Gasteiger partial charge >= 0.3 is 0 Å². The molecule has 0 aliphatic rings. The summed E-state index contributed by atoms with van der Waals surface area (Å²) in [7, 11) is 0. The number of carbonyl (C=O) groups is 1. The molecule has 0 aliphatic heterocycles. The number of para-hydroxylation sites is 2. The highest BCUT2D eigenvalue weighted by Gasteiger charge is 2.19. The number of anilines is 2. The summed E-state index contributed by atoms with van der Waals surface area (Å²) in [6.45, 7) is 2.43. The zero-order valence-electron chi connectivity index (χ0n) is 9.59. The minimum absolute atomic E-state index is 0.185. The van der Waals surface area contributed by atoms with Crippen LogP contribution in [0.15, 0.2) is 47.1 Å². The quantitative estimate of drug-likeness (QED) is 0.824. The maximum Gasteiger partial charge on any atom is 0.294 e. The van der Waals surface area contributed by atoms with Crippen LogP contribution in [0.2, 0.25) is 0 Å². The maximum absolute atomic E-state index is 12.2. The van der Waals surface area contributed by atoms with Gasteiger partial charge in [0.15, 0.2) is 5.76 Å². The van der Waals surface area contributed by atoms with Gasteiger partial charge in [0.05, 0.1) is 17.6 Å². The van der Waals surface area contributed by atoms with E-state index in [0.29, 0.717) is 23.7 Å². The highest BCUT2D eigenvalue weighted by atomic mass is 16.3. The van der Waals surface area contributed by atoms with Crippen LogP contribution in [-0.4, -0.2) is 12.5 Å². The fourth-order valence-corrected chi connectivity index (χ4v) is 1.69. The van der Waals surface area contributed by atoms with E-state index in [2.05, 4.69) is 0 Å². The Hall–Kier alpha value is -2.23. The zero-order chi connectivity index (χ0) is 12.3. The lowest BCUT2D eigenvalue weighted by molar-refractivity contribution is 0.0962. The van der Waals surface area contributed by atoms with Crippen molar-refractivity contribution in [3.05, 3.63) is 48.4 Å². The van der Waals surface area contributed by atoms with Crippen LogP contribution in [0.4, 0.5) is 11.4 Å². The zero-order valence-corrected chi connectivity index (χ0v) is 9.59. The lowest BCUT2D eigenvalue weighted by Gasteiger charge is -2.21. The summed E-state index contributed by atoms with van der Waals surface area (Å²) >= 11 is 0. The molecular formula is C13H14N2O2. The van der Waals surface area contributed by atoms with Crippen LogP contribution < -0.4 is 10.6 Å². The lowest BCUT2D eigenvalue weighted by atomic mass is 10.2. The van der Waals surface area contributed by atoms with Crippen molar-refractivity contribution in [1.29, 1.82) is 0 Å². The Labute approximate surface area is 99.6 Å². The maximum atomic E-state index is 12.2. The molecule has 1 heterocycles. The predicted molar refractivity (Wildman–Crippen MR) is 66.9 cm³/mol. The molecule has 0 spiro atoms. The Bertz CT molecular complexity index is 506. The molecule has 17 heavy (non-hydrogen) atoms. The molecule has 1 amide bonds. The molecule has 1 aromatic carbocycles. The largest absolute Gasteiger partial charge is 0.459 e. The van der Waals surface area contributed by atoms with Crippen molar-refractivity contribution in [3.8, 4) is 0 Å². The first-order valence-electron chi connectivity index (χ1n) is 5.44. The second kappa shape index (κ2) is 4.74. The Balaban J connectivity index is 2.35. The Morgan fingerprint density at radius 3 is 2.65 bits per heavy atom. The van der Waals surface area contributed by atoms with Gasteiger partial charge < -0.3 is 15.1 Å². The summed E-state index contributed by atoms with van der Waals surface area (Å²) in [5, 5.41) is 0. The molecule has 1 aromatic heterocycles. The number of nitrogens with zero attached hydrogens (tertiary/aromatic N) is 1. The lowest BCUT2D eigenvalue weighted by Crippen LogP contribution is -2.30. The van der Waals surface area contributed by atoms with Crippen molar-refractivity contribution in [2.24, 2.45) is 0 Å². The molecule has 0 unspecified atom stereocenters. The average Bonchev–Trinajstić information content (AvgIpc) is 2.86. The molecule has 0 fully saturated rings. The van der Waals surface area contributed by atoms with Gasteiger partial charge in [0.25, 0.3) is 5.91 Å². The number of amides is 1. The number of carbonyl (C=O) groups excluding carboxylic acids is 1. The third kappa shape index (κ3) is 2.15. The van der Waals surface area contributed by atoms with E-state index in [1.54, 1.807) is 23.1 Å². The van der Waals surface area contributed by atoms with E-state index in [1.807, 2.05) is 25.1 Å². The van der Waals surface area contributed by atoms with Crippen LogP contribution in [-0.2, 0) is 0 Å². The molecule has 0 radical (unpaired) electrons. The van der Waals surface area contributed by atoms with Gasteiger partial charge in [-0.05, 0) is 31.2 Å². The second-order valence-electron chi connectivity index (χ2n) is 3.59. The standard InChI is InChI=1S/C13H14N2O2/c1-2-15(11-7-4-3-6-10(11)14)13(16)12-8-5-9-17-12/h3-9H,2,14H2,1H3. The van der Waals surface area contributed by atoms with Gasteiger partial charge in [0.1, 0.15) is 0 Å². The molecular weight excluding hydrogens is 216 g/mol. The van der Waals surface area contributed by atoms with Crippen LogP contribution in [0.1, 0.15) is 17.5 Å². The summed E-state index contributed by atoms with van der Waals surface area (Å²) in [6, 6.07) is 10.6. The fraction of sp³-hybridized carbons (Fsp3) is 0.154. The van der Waals surface area contributed by atoms with E-state index < -0.39 is 0 Å². The van der Waals surface area contributed by atoms with E-state index in [4.69, 9.17) is 10.2 Å². The summed E-state index contributed by atoms with van der Waals surface area (Å²) < 4.78 is 5.11. The molecule has 88 valence electrons. The normalized spacial score (nSPS) is 10.2. The topological polar surface area (TPSA) is 59.5 Å². The van der Waals surface area contributed by atoms with E-state index in [0.717, 1.165) is 0 Å². The predicted octanol–water partition coefficient (Wildman–Crippen LogP) is 2.53. The number of rotatable bonds is 3. The number of hydrogen-bond donors (Lipinski definition) is 1. The second-order valence-corrected chi connectivity index (χ2v) is 3.59. The van der Waals surface area contributed by atoms with Crippen molar-refractivity contribution in [3.63, 3.8) is 0 Å². The molecule has 0 saturated heterocycles. The van der Waals surface area contributed by atoms with E-state index in [-0.39, 0.29) is 5.91 Å². The molecule has 2 aromatic rings. The van der Waals surface area contributed by atoms with E-state index in [9.17, 15) is 4.79 Å². The van der Waals surface area contributed by atoms with Crippen molar-refractivity contribution in [1.82, 2.24) is 0 Å². The summed E-state index contributed by atoms with van der Waals surface area (Å²) in [5.74, 6) is 0.130. The molecule has 0 atom stereocenters. The van der Waals surface area contributed by atoms with Gasteiger partial charge in [-0.1, -0.05) is 12.1 Å². The number of furan rings is 1. The highest BCUT2D eigenvalue weighted by Crippen LogP contribution is 2.24. The van der Waals surface area contributed by atoms with Crippen LogP contribution in [0.25, 0.3) is 0 Å². The molecule has 2 rings (SSSR count). The molecule has 4 heteroatoms. The van der Waals surface area contributed by atoms with Gasteiger partial charge in [-0.15, -0.1) is 0 Å². The summed E-state index contributed by atoms with van der Waals surface area (Å²) in [4.78, 5) is 13.8. The average molecular weight is 230 g/mol. The molecule has 4 nitrogen and oxygen atoms in total. The van der Waals surface area contributed by atoms with Crippen LogP contribution in [0.5, 0.6) is 0 Å². The minimum Gasteiger partial charge on any atom is -0.459 e. The molecule has 0 saturated carbocycles. The van der Waals surface area contributed by atoms with Crippen molar-refractivity contribution < 1.29 is 9.21 Å². The first-order chi connectivity index (χ1) is 8.24. The van der Waals surface area contributed by atoms with Crippen LogP contribution in [0, 0.1) is 0 Å². The number of hydrogen-bond acceptors (Lipinski definition) is 3. The van der Waals surface area contributed by atoms with E-state index in [1.165, 1.54) is 6.26 Å². The monoisotopic (exact) mass is 230 g/mol. The van der Waals surface area contributed by atoms with Gasteiger partial charge in [-0.2, -0.15) is 0 Å². The summed E-state index contributed by atoms with van der Waals surface area (Å²) in [5.41, 5.74) is 7.15. The van der Waals surface area contributed by atoms with Crippen molar-refractivity contribution >= 4 is 17.3 Å². The molecule has 0 aliphatic carbocycles. The van der Waals surface area contributed by atoms with Gasteiger partial charge in [-0.3, -0.25) is 4.79 Å². The van der Waals surface area contributed by atoms with Crippen LogP contribution in [0.3, 0.4) is 0 Å². The minimum atomic E-state index is -0.185.